The molecule has 2 heterocycles. The Bertz CT molecular complexity index is 608. The van der Waals surface area contributed by atoms with E-state index in [1.54, 1.807) is 23.1 Å². The SMILES string of the molecule is COCCOC(=O)c1nnn(CCc2scnc2C)c1C. The number of thiazole rings is 1. The minimum absolute atomic E-state index is 0.210. The molecule has 2 rings (SSSR count). The zero-order chi connectivity index (χ0) is 15.2. The smallest absolute Gasteiger partial charge is 0.360 e. The predicted octanol–water partition coefficient (Wildman–Crippen LogP) is 1.40. The summed E-state index contributed by atoms with van der Waals surface area (Å²) in [6.45, 7) is 5.03. The molecule has 0 atom stereocenters. The van der Waals surface area contributed by atoms with Crippen molar-refractivity contribution in [2.24, 2.45) is 0 Å². The lowest BCUT2D eigenvalue weighted by molar-refractivity contribution is 0.0380. The molecule has 0 radical (unpaired) electrons. The average Bonchev–Trinajstić information content (AvgIpc) is 3.03. The second kappa shape index (κ2) is 7.28. The molecule has 2 aromatic heterocycles. The van der Waals surface area contributed by atoms with E-state index in [-0.39, 0.29) is 12.3 Å². The first-order valence-electron chi connectivity index (χ1n) is 6.58. The Morgan fingerprint density at radius 2 is 2.19 bits per heavy atom. The number of hydrogen-bond donors (Lipinski definition) is 0. The molecule has 2 aromatic rings. The van der Waals surface area contributed by atoms with Gasteiger partial charge in [0.15, 0.2) is 5.69 Å². The van der Waals surface area contributed by atoms with E-state index in [1.807, 2.05) is 19.4 Å². The molecule has 0 aliphatic carbocycles. The zero-order valence-electron chi connectivity index (χ0n) is 12.3. The summed E-state index contributed by atoms with van der Waals surface area (Å²) in [4.78, 5) is 17.3. The molecular formula is C13H18N4O3S. The molecule has 0 aliphatic heterocycles. The second-order valence-electron chi connectivity index (χ2n) is 4.49. The highest BCUT2D eigenvalue weighted by Crippen LogP contribution is 2.14. The Morgan fingerprint density at radius 1 is 1.38 bits per heavy atom. The van der Waals surface area contributed by atoms with Gasteiger partial charge in [0.05, 0.1) is 23.5 Å². The van der Waals surface area contributed by atoms with E-state index in [4.69, 9.17) is 9.47 Å². The van der Waals surface area contributed by atoms with Crippen molar-refractivity contribution in [3.63, 3.8) is 0 Å². The number of hydrogen-bond acceptors (Lipinski definition) is 7. The number of methoxy groups -OCH3 is 1. The Hall–Kier alpha value is -1.80. The number of nitrogens with zero attached hydrogens (tertiary/aromatic N) is 4. The van der Waals surface area contributed by atoms with Gasteiger partial charge in [-0.1, -0.05) is 5.21 Å². The van der Waals surface area contributed by atoms with E-state index in [2.05, 4.69) is 15.3 Å². The van der Waals surface area contributed by atoms with Crippen LogP contribution in [-0.4, -0.2) is 46.3 Å². The van der Waals surface area contributed by atoms with Crippen LogP contribution in [0.3, 0.4) is 0 Å². The van der Waals surface area contributed by atoms with Gasteiger partial charge in [0.1, 0.15) is 6.61 Å². The topological polar surface area (TPSA) is 79.1 Å². The summed E-state index contributed by atoms with van der Waals surface area (Å²) in [5.74, 6) is -0.468. The molecule has 0 fully saturated rings. The number of carbonyl (C=O) groups excluding carboxylic acids is 1. The molecule has 7 nitrogen and oxygen atoms in total. The van der Waals surface area contributed by atoms with Crippen molar-refractivity contribution in [3.05, 3.63) is 27.5 Å². The summed E-state index contributed by atoms with van der Waals surface area (Å²) in [6.07, 6.45) is 0.818. The molecule has 0 saturated heterocycles. The molecule has 0 aromatic carbocycles. The van der Waals surface area contributed by atoms with Crippen LogP contribution in [0.25, 0.3) is 0 Å². The summed E-state index contributed by atoms with van der Waals surface area (Å²) >= 11 is 1.62. The molecule has 0 unspecified atom stereocenters. The van der Waals surface area contributed by atoms with Crippen LogP contribution in [0.1, 0.15) is 26.8 Å². The molecule has 0 spiro atoms. The maximum Gasteiger partial charge on any atom is 0.360 e. The molecule has 0 aliphatic rings. The lowest BCUT2D eigenvalue weighted by Gasteiger charge is -2.04. The number of ether oxygens (including phenoxy) is 2. The quantitative estimate of drug-likeness (QED) is 0.568. The lowest BCUT2D eigenvalue weighted by Crippen LogP contribution is -2.12. The van der Waals surface area contributed by atoms with Gasteiger partial charge >= 0.3 is 5.97 Å². The fourth-order valence-electron chi connectivity index (χ4n) is 1.82. The summed E-state index contributed by atoms with van der Waals surface area (Å²) in [7, 11) is 1.55. The summed E-state index contributed by atoms with van der Waals surface area (Å²) < 4.78 is 11.6. The third-order valence-electron chi connectivity index (χ3n) is 3.09. The zero-order valence-corrected chi connectivity index (χ0v) is 13.1. The van der Waals surface area contributed by atoms with Crippen LogP contribution in [-0.2, 0) is 22.4 Å². The Labute approximate surface area is 126 Å². The molecule has 0 amide bonds. The van der Waals surface area contributed by atoms with E-state index >= 15 is 0 Å². The van der Waals surface area contributed by atoms with Gasteiger partial charge in [-0.15, -0.1) is 16.4 Å². The van der Waals surface area contributed by atoms with Gasteiger partial charge in [-0.05, 0) is 13.8 Å². The Kier molecular flexibility index (Phi) is 5.40. The second-order valence-corrected chi connectivity index (χ2v) is 5.43. The minimum atomic E-state index is -0.468. The molecule has 0 bridgehead atoms. The van der Waals surface area contributed by atoms with Crippen molar-refractivity contribution in [2.45, 2.75) is 26.8 Å². The number of rotatable bonds is 7. The summed E-state index contributed by atoms with van der Waals surface area (Å²) in [6, 6.07) is 0. The van der Waals surface area contributed by atoms with Crippen LogP contribution >= 0.6 is 11.3 Å². The van der Waals surface area contributed by atoms with Crippen LogP contribution in [0.15, 0.2) is 5.51 Å². The van der Waals surface area contributed by atoms with E-state index in [1.165, 1.54) is 4.88 Å². The third-order valence-corrected chi connectivity index (χ3v) is 4.09. The first-order valence-corrected chi connectivity index (χ1v) is 7.46. The molecule has 114 valence electrons. The van der Waals surface area contributed by atoms with Crippen LogP contribution in [0.5, 0.6) is 0 Å². The van der Waals surface area contributed by atoms with Crippen LogP contribution < -0.4 is 0 Å². The maximum absolute atomic E-state index is 11.8. The summed E-state index contributed by atoms with van der Waals surface area (Å²) in [5, 5.41) is 7.92. The van der Waals surface area contributed by atoms with Crippen molar-refractivity contribution in [1.82, 2.24) is 20.0 Å². The van der Waals surface area contributed by atoms with Gasteiger partial charge in [-0.3, -0.25) is 0 Å². The van der Waals surface area contributed by atoms with Gasteiger partial charge in [-0.25, -0.2) is 14.5 Å². The number of carbonyl (C=O) groups is 1. The van der Waals surface area contributed by atoms with Crippen molar-refractivity contribution in [2.75, 3.05) is 20.3 Å². The van der Waals surface area contributed by atoms with E-state index in [0.29, 0.717) is 18.8 Å². The first-order chi connectivity index (χ1) is 10.1. The highest BCUT2D eigenvalue weighted by Gasteiger charge is 2.18. The van der Waals surface area contributed by atoms with Gasteiger partial charge in [0, 0.05) is 25.0 Å². The van der Waals surface area contributed by atoms with Crippen molar-refractivity contribution < 1.29 is 14.3 Å². The van der Waals surface area contributed by atoms with Gasteiger partial charge in [0.2, 0.25) is 0 Å². The monoisotopic (exact) mass is 310 g/mol. The first kappa shape index (κ1) is 15.6. The van der Waals surface area contributed by atoms with Gasteiger partial charge < -0.3 is 9.47 Å². The minimum Gasteiger partial charge on any atom is -0.458 e. The highest BCUT2D eigenvalue weighted by molar-refractivity contribution is 7.09. The van der Waals surface area contributed by atoms with Crippen molar-refractivity contribution in [3.8, 4) is 0 Å². The average molecular weight is 310 g/mol. The Balaban J connectivity index is 1.96. The third kappa shape index (κ3) is 3.85. The molecule has 21 heavy (non-hydrogen) atoms. The molecule has 0 saturated carbocycles. The van der Waals surface area contributed by atoms with Crippen LogP contribution in [0, 0.1) is 13.8 Å². The Morgan fingerprint density at radius 3 is 2.86 bits per heavy atom. The summed E-state index contributed by atoms with van der Waals surface area (Å²) in [5.41, 5.74) is 3.83. The van der Waals surface area contributed by atoms with Crippen LogP contribution in [0.4, 0.5) is 0 Å². The van der Waals surface area contributed by atoms with E-state index in [9.17, 15) is 4.79 Å². The number of esters is 1. The molecule has 0 N–H and O–H groups in total. The fraction of sp³-hybridized carbons (Fsp3) is 0.538. The van der Waals surface area contributed by atoms with E-state index in [0.717, 1.165) is 12.1 Å². The van der Waals surface area contributed by atoms with Crippen molar-refractivity contribution in [1.29, 1.82) is 0 Å². The lowest BCUT2D eigenvalue weighted by atomic mass is 10.3. The molecular weight excluding hydrogens is 292 g/mol. The fourth-order valence-corrected chi connectivity index (χ4v) is 2.59. The van der Waals surface area contributed by atoms with Gasteiger partial charge in [0.25, 0.3) is 0 Å². The van der Waals surface area contributed by atoms with Gasteiger partial charge in [-0.2, -0.15) is 0 Å². The maximum atomic E-state index is 11.8. The van der Waals surface area contributed by atoms with Crippen LogP contribution in [0.2, 0.25) is 0 Å². The highest BCUT2D eigenvalue weighted by atomic mass is 32.1. The normalized spacial score (nSPS) is 10.8. The van der Waals surface area contributed by atoms with E-state index < -0.39 is 5.97 Å². The number of aryl methyl sites for hydroxylation is 3. The molecule has 8 heteroatoms. The van der Waals surface area contributed by atoms with Crippen molar-refractivity contribution >= 4 is 17.3 Å². The number of aromatic nitrogens is 4. The largest absolute Gasteiger partial charge is 0.458 e. The predicted molar refractivity (Wildman–Crippen MR) is 77.5 cm³/mol. The standard InChI is InChI=1S/C13H18N4O3S/c1-9-11(21-8-14-9)4-5-17-10(2)12(15-16-17)13(18)20-7-6-19-3/h8H,4-7H2,1-3H3.